The van der Waals surface area contributed by atoms with Crippen molar-refractivity contribution in [3.8, 4) is 0 Å². The molecule has 0 aliphatic carbocycles. The van der Waals surface area contributed by atoms with Crippen molar-refractivity contribution < 1.29 is 4.79 Å². The molecule has 0 amide bonds. The van der Waals surface area contributed by atoms with Gasteiger partial charge in [0, 0.05) is 26.0 Å². The first-order valence-electron chi connectivity index (χ1n) is 3.53. The van der Waals surface area contributed by atoms with Crippen LogP contribution in [0.2, 0.25) is 0 Å². The van der Waals surface area contributed by atoms with E-state index >= 15 is 0 Å². The van der Waals surface area contributed by atoms with E-state index in [1.54, 1.807) is 17.2 Å². The van der Waals surface area contributed by atoms with Crippen molar-refractivity contribution in [1.82, 2.24) is 4.98 Å². The van der Waals surface area contributed by atoms with Crippen LogP contribution in [-0.2, 0) is 0 Å². The van der Waals surface area contributed by atoms with Gasteiger partial charge in [-0.3, -0.25) is 4.79 Å². The largest absolute Gasteiger partial charge is 0.398 e. The lowest BCUT2D eigenvalue weighted by Crippen LogP contribution is -2.14. The van der Waals surface area contributed by atoms with Crippen LogP contribution >= 0.6 is 0 Å². The summed E-state index contributed by atoms with van der Waals surface area (Å²) >= 11 is 0. The number of rotatable bonds is 2. The van der Waals surface area contributed by atoms with Crippen molar-refractivity contribution in [2.45, 2.75) is 0 Å². The standard InChI is InChI=1S/C8H11N3O/c1-11(2)8-6(5-12)7(9)3-4-10-8/h3-5H,1-2H3,(H2,9,10). The van der Waals surface area contributed by atoms with Crippen molar-refractivity contribution in [3.05, 3.63) is 17.8 Å². The van der Waals surface area contributed by atoms with E-state index in [1.807, 2.05) is 14.1 Å². The number of carbonyl (C=O) groups excluding carboxylic acids is 1. The molecule has 0 radical (unpaired) electrons. The number of aromatic nitrogens is 1. The highest BCUT2D eigenvalue weighted by atomic mass is 16.1. The Hall–Kier alpha value is -1.58. The monoisotopic (exact) mass is 165 g/mol. The van der Waals surface area contributed by atoms with Gasteiger partial charge in [-0.2, -0.15) is 0 Å². The Morgan fingerprint density at radius 1 is 1.58 bits per heavy atom. The number of aldehydes is 1. The van der Waals surface area contributed by atoms with Crippen molar-refractivity contribution in [2.24, 2.45) is 0 Å². The molecule has 0 aromatic carbocycles. The zero-order chi connectivity index (χ0) is 9.14. The van der Waals surface area contributed by atoms with Gasteiger partial charge in [-0.05, 0) is 6.07 Å². The fourth-order valence-electron chi connectivity index (χ4n) is 0.954. The molecule has 1 heterocycles. The lowest BCUT2D eigenvalue weighted by atomic mass is 10.2. The third kappa shape index (κ3) is 1.37. The second kappa shape index (κ2) is 3.21. The molecule has 0 bridgehead atoms. The van der Waals surface area contributed by atoms with Crippen LogP contribution in [0, 0.1) is 0 Å². The number of anilines is 2. The Balaban J connectivity index is 3.27. The van der Waals surface area contributed by atoms with Gasteiger partial charge < -0.3 is 10.6 Å². The van der Waals surface area contributed by atoms with E-state index in [1.165, 1.54) is 0 Å². The van der Waals surface area contributed by atoms with E-state index < -0.39 is 0 Å². The van der Waals surface area contributed by atoms with E-state index in [2.05, 4.69) is 4.98 Å². The Labute approximate surface area is 71.0 Å². The Kier molecular flexibility index (Phi) is 2.28. The summed E-state index contributed by atoms with van der Waals surface area (Å²) in [5.74, 6) is 0.602. The summed E-state index contributed by atoms with van der Waals surface area (Å²) in [6, 6.07) is 1.61. The van der Waals surface area contributed by atoms with E-state index in [-0.39, 0.29) is 0 Å². The average Bonchev–Trinajstić information content (AvgIpc) is 2.03. The maximum absolute atomic E-state index is 10.6. The molecule has 0 fully saturated rings. The second-order valence-corrected chi connectivity index (χ2v) is 2.65. The van der Waals surface area contributed by atoms with Crippen LogP contribution in [0.1, 0.15) is 10.4 Å². The van der Waals surface area contributed by atoms with Gasteiger partial charge >= 0.3 is 0 Å². The molecule has 4 nitrogen and oxygen atoms in total. The van der Waals surface area contributed by atoms with Crippen LogP contribution in [0.15, 0.2) is 12.3 Å². The number of pyridine rings is 1. The van der Waals surface area contributed by atoms with E-state index in [0.717, 1.165) is 6.29 Å². The molecular weight excluding hydrogens is 154 g/mol. The summed E-state index contributed by atoms with van der Waals surface area (Å²) in [5, 5.41) is 0. The molecule has 1 aromatic heterocycles. The Morgan fingerprint density at radius 2 is 2.25 bits per heavy atom. The summed E-state index contributed by atoms with van der Waals surface area (Å²) in [6.45, 7) is 0. The quantitative estimate of drug-likeness (QED) is 0.650. The second-order valence-electron chi connectivity index (χ2n) is 2.65. The minimum Gasteiger partial charge on any atom is -0.398 e. The van der Waals surface area contributed by atoms with Gasteiger partial charge in [0.05, 0.1) is 5.56 Å². The van der Waals surface area contributed by atoms with Crippen molar-refractivity contribution >= 4 is 17.8 Å². The molecule has 64 valence electrons. The molecule has 1 aromatic rings. The number of hydrogen-bond acceptors (Lipinski definition) is 4. The van der Waals surface area contributed by atoms with Crippen LogP contribution in [0.4, 0.5) is 11.5 Å². The number of nitrogens with two attached hydrogens (primary N) is 1. The zero-order valence-corrected chi connectivity index (χ0v) is 7.11. The van der Waals surface area contributed by atoms with Crippen molar-refractivity contribution in [2.75, 3.05) is 24.7 Å². The molecule has 0 spiro atoms. The number of hydrogen-bond donors (Lipinski definition) is 1. The highest BCUT2D eigenvalue weighted by molar-refractivity contribution is 5.89. The summed E-state index contributed by atoms with van der Waals surface area (Å²) in [4.78, 5) is 16.4. The van der Waals surface area contributed by atoms with E-state index in [0.29, 0.717) is 17.1 Å². The minimum absolute atomic E-state index is 0.447. The highest BCUT2D eigenvalue weighted by Crippen LogP contribution is 2.18. The van der Waals surface area contributed by atoms with Crippen LogP contribution in [0.25, 0.3) is 0 Å². The summed E-state index contributed by atoms with van der Waals surface area (Å²) in [5.41, 5.74) is 6.48. The Morgan fingerprint density at radius 3 is 2.67 bits per heavy atom. The van der Waals surface area contributed by atoms with Crippen molar-refractivity contribution in [3.63, 3.8) is 0 Å². The Bertz CT molecular complexity index is 296. The fourth-order valence-corrected chi connectivity index (χ4v) is 0.954. The molecular formula is C8H11N3O. The fraction of sp³-hybridized carbons (Fsp3) is 0.250. The normalized spacial score (nSPS) is 9.50. The number of nitrogens with zero attached hydrogens (tertiary/aromatic N) is 2. The summed E-state index contributed by atoms with van der Waals surface area (Å²) in [6.07, 6.45) is 2.30. The molecule has 0 unspecified atom stereocenters. The van der Waals surface area contributed by atoms with Crippen LogP contribution in [0.5, 0.6) is 0 Å². The maximum Gasteiger partial charge on any atom is 0.155 e. The minimum atomic E-state index is 0.447. The topological polar surface area (TPSA) is 59.2 Å². The van der Waals surface area contributed by atoms with Gasteiger partial charge in [0.25, 0.3) is 0 Å². The molecule has 0 atom stereocenters. The molecule has 2 N–H and O–H groups in total. The smallest absolute Gasteiger partial charge is 0.155 e. The number of carbonyl (C=O) groups is 1. The van der Waals surface area contributed by atoms with Crippen LogP contribution < -0.4 is 10.6 Å². The van der Waals surface area contributed by atoms with Gasteiger partial charge in [-0.25, -0.2) is 4.98 Å². The predicted molar refractivity (Wildman–Crippen MR) is 48.4 cm³/mol. The molecule has 4 heteroatoms. The first-order valence-corrected chi connectivity index (χ1v) is 3.53. The lowest BCUT2D eigenvalue weighted by Gasteiger charge is -2.13. The molecule has 0 saturated carbocycles. The molecule has 12 heavy (non-hydrogen) atoms. The van der Waals surface area contributed by atoms with Crippen LogP contribution in [0.3, 0.4) is 0 Å². The third-order valence-corrected chi connectivity index (χ3v) is 1.54. The van der Waals surface area contributed by atoms with Gasteiger partial charge in [-0.1, -0.05) is 0 Å². The molecule has 0 saturated heterocycles. The maximum atomic E-state index is 10.6. The molecule has 1 rings (SSSR count). The lowest BCUT2D eigenvalue weighted by molar-refractivity contribution is 0.112. The highest BCUT2D eigenvalue weighted by Gasteiger charge is 2.07. The first kappa shape index (κ1) is 8.52. The molecule has 0 aliphatic rings. The van der Waals surface area contributed by atoms with Gasteiger partial charge in [0.2, 0.25) is 0 Å². The van der Waals surface area contributed by atoms with E-state index in [9.17, 15) is 4.79 Å². The van der Waals surface area contributed by atoms with Crippen molar-refractivity contribution in [1.29, 1.82) is 0 Å². The third-order valence-electron chi connectivity index (χ3n) is 1.54. The van der Waals surface area contributed by atoms with Gasteiger partial charge in [0.1, 0.15) is 5.82 Å². The van der Waals surface area contributed by atoms with Gasteiger partial charge in [0.15, 0.2) is 6.29 Å². The summed E-state index contributed by atoms with van der Waals surface area (Å²) < 4.78 is 0. The molecule has 0 aliphatic heterocycles. The SMILES string of the molecule is CN(C)c1nccc(N)c1C=O. The first-order chi connectivity index (χ1) is 5.66. The van der Waals surface area contributed by atoms with Crippen LogP contribution in [-0.4, -0.2) is 25.4 Å². The zero-order valence-electron chi connectivity index (χ0n) is 7.11. The van der Waals surface area contributed by atoms with Gasteiger partial charge in [-0.15, -0.1) is 0 Å². The number of nitrogen functional groups attached to an aromatic ring is 1. The average molecular weight is 165 g/mol. The predicted octanol–water partition coefficient (Wildman–Crippen LogP) is 0.542. The van der Waals surface area contributed by atoms with E-state index in [4.69, 9.17) is 5.73 Å². The summed E-state index contributed by atoms with van der Waals surface area (Å²) in [7, 11) is 3.63.